The zero-order valence-electron chi connectivity index (χ0n) is 5.40. The minimum atomic E-state index is 0.569. The van der Waals surface area contributed by atoms with Gasteiger partial charge in [-0.2, -0.15) is 0 Å². The fourth-order valence-corrected chi connectivity index (χ4v) is 0.801. The lowest BCUT2D eigenvalue weighted by Crippen LogP contribution is -1.77. The molecular formula is C6H5N3O. The van der Waals surface area contributed by atoms with Gasteiger partial charge in [-0.05, 0) is 6.92 Å². The highest BCUT2D eigenvalue weighted by Gasteiger charge is 2.02. The highest BCUT2D eigenvalue weighted by atomic mass is 16.5. The van der Waals surface area contributed by atoms with Crippen LogP contribution in [0.15, 0.2) is 16.9 Å². The van der Waals surface area contributed by atoms with E-state index in [4.69, 9.17) is 4.52 Å². The lowest BCUT2D eigenvalue weighted by molar-refractivity contribution is 0.404. The van der Waals surface area contributed by atoms with Gasteiger partial charge in [-0.3, -0.25) is 0 Å². The summed E-state index contributed by atoms with van der Waals surface area (Å²) >= 11 is 0. The van der Waals surface area contributed by atoms with E-state index < -0.39 is 0 Å². The predicted molar refractivity (Wildman–Crippen MR) is 34.3 cm³/mol. The van der Waals surface area contributed by atoms with Crippen LogP contribution in [0.4, 0.5) is 0 Å². The van der Waals surface area contributed by atoms with Crippen LogP contribution in [0, 0.1) is 6.92 Å². The van der Waals surface area contributed by atoms with Gasteiger partial charge in [-0.15, -0.1) is 0 Å². The van der Waals surface area contributed by atoms with Crippen molar-refractivity contribution in [3.05, 3.63) is 18.2 Å². The third-order valence-corrected chi connectivity index (χ3v) is 1.28. The largest absolute Gasteiger partial charge is 0.357 e. The molecule has 0 amide bonds. The molecule has 0 unspecified atom stereocenters. The van der Waals surface area contributed by atoms with Crippen molar-refractivity contribution >= 4 is 11.2 Å². The Balaban J connectivity index is 2.93. The van der Waals surface area contributed by atoms with Gasteiger partial charge in [0.2, 0.25) is 5.65 Å². The number of aromatic nitrogens is 3. The van der Waals surface area contributed by atoms with E-state index in [1.807, 2.05) is 6.92 Å². The average Bonchev–Trinajstić information content (AvgIpc) is 2.34. The molecule has 2 aromatic heterocycles. The van der Waals surface area contributed by atoms with Gasteiger partial charge in [0.25, 0.3) is 0 Å². The van der Waals surface area contributed by atoms with Crippen molar-refractivity contribution in [1.82, 2.24) is 15.1 Å². The van der Waals surface area contributed by atoms with Crippen LogP contribution in [0.3, 0.4) is 0 Å². The molecule has 0 saturated carbocycles. The van der Waals surface area contributed by atoms with Crippen LogP contribution in [-0.2, 0) is 0 Å². The van der Waals surface area contributed by atoms with Gasteiger partial charge < -0.3 is 4.52 Å². The first-order valence-corrected chi connectivity index (χ1v) is 2.91. The molecule has 2 heterocycles. The molecule has 0 atom stereocenters. The van der Waals surface area contributed by atoms with Crippen LogP contribution >= 0.6 is 0 Å². The molecule has 4 nitrogen and oxygen atoms in total. The Morgan fingerprint density at radius 1 is 1.30 bits per heavy atom. The molecule has 0 N–H and O–H groups in total. The second kappa shape index (κ2) is 1.76. The second-order valence-electron chi connectivity index (χ2n) is 1.97. The number of hydrogen-bond donors (Lipinski definition) is 0. The molecule has 50 valence electrons. The van der Waals surface area contributed by atoms with Crippen LogP contribution < -0.4 is 0 Å². The van der Waals surface area contributed by atoms with E-state index in [1.54, 1.807) is 12.4 Å². The molecule has 0 radical (unpaired) electrons. The van der Waals surface area contributed by atoms with Crippen molar-refractivity contribution in [2.75, 3.05) is 0 Å². The number of hydrogen-bond acceptors (Lipinski definition) is 4. The van der Waals surface area contributed by atoms with Crippen molar-refractivity contribution < 1.29 is 4.52 Å². The fraction of sp³-hybridized carbons (Fsp3) is 0.167. The number of nitrogens with zero attached hydrogens (tertiary/aromatic N) is 3. The first-order valence-electron chi connectivity index (χ1n) is 2.91. The normalized spacial score (nSPS) is 10.5. The fourth-order valence-electron chi connectivity index (χ4n) is 0.801. The monoisotopic (exact) mass is 135 g/mol. The van der Waals surface area contributed by atoms with Crippen molar-refractivity contribution in [3.63, 3.8) is 0 Å². The Morgan fingerprint density at radius 3 is 2.90 bits per heavy atom. The Labute approximate surface area is 56.9 Å². The summed E-state index contributed by atoms with van der Waals surface area (Å²) in [6, 6.07) is 0. The summed E-state index contributed by atoms with van der Waals surface area (Å²) in [5, 5.41) is 3.67. The Kier molecular flexibility index (Phi) is 0.943. The molecule has 2 rings (SSSR count). The van der Waals surface area contributed by atoms with Crippen LogP contribution in [0.1, 0.15) is 5.76 Å². The second-order valence-corrected chi connectivity index (χ2v) is 1.97. The molecule has 0 aliphatic carbocycles. The van der Waals surface area contributed by atoms with E-state index >= 15 is 0 Å². The molecular weight excluding hydrogens is 130 g/mol. The van der Waals surface area contributed by atoms with E-state index in [0.29, 0.717) is 11.4 Å². The van der Waals surface area contributed by atoms with Crippen LogP contribution in [0.2, 0.25) is 0 Å². The van der Waals surface area contributed by atoms with Gasteiger partial charge in [0.1, 0.15) is 0 Å². The Hall–Kier alpha value is -1.45. The summed E-state index contributed by atoms with van der Waals surface area (Å²) in [7, 11) is 0. The molecule has 2 aromatic rings. The molecule has 0 spiro atoms. The highest BCUT2D eigenvalue weighted by molar-refractivity contribution is 5.70. The van der Waals surface area contributed by atoms with E-state index in [9.17, 15) is 0 Å². The first-order chi connectivity index (χ1) is 4.88. The standard InChI is InChI=1S/C6H5N3O/c1-4-5-6(9-10-4)8-3-2-7-5/h2-3H,1H3. The van der Waals surface area contributed by atoms with E-state index in [-0.39, 0.29) is 0 Å². The number of aryl methyl sites for hydroxylation is 1. The number of fused-ring (bicyclic) bond motifs is 1. The minimum absolute atomic E-state index is 0.569. The lowest BCUT2D eigenvalue weighted by atomic mass is 10.4. The third kappa shape index (κ3) is 0.586. The van der Waals surface area contributed by atoms with E-state index in [1.165, 1.54) is 0 Å². The van der Waals surface area contributed by atoms with Crippen LogP contribution in [-0.4, -0.2) is 15.1 Å². The van der Waals surface area contributed by atoms with Crippen molar-refractivity contribution in [3.8, 4) is 0 Å². The third-order valence-electron chi connectivity index (χ3n) is 1.28. The number of rotatable bonds is 0. The van der Waals surface area contributed by atoms with Gasteiger partial charge in [0, 0.05) is 12.4 Å². The summed E-state index contributed by atoms with van der Waals surface area (Å²) in [5.74, 6) is 0.711. The molecule has 0 fully saturated rings. The summed E-state index contributed by atoms with van der Waals surface area (Å²) in [6.45, 7) is 1.81. The zero-order chi connectivity index (χ0) is 6.97. The van der Waals surface area contributed by atoms with Gasteiger partial charge in [-0.25, -0.2) is 9.97 Å². The maximum Gasteiger partial charge on any atom is 0.221 e. The lowest BCUT2D eigenvalue weighted by Gasteiger charge is -1.80. The molecule has 0 aliphatic heterocycles. The first kappa shape index (κ1) is 5.34. The molecule has 4 heteroatoms. The smallest absolute Gasteiger partial charge is 0.221 e. The summed E-state index contributed by atoms with van der Waals surface area (Å²) < 4.78 is 4.84. The quantitative estimate of drug-likeness (QED) is 0.539. The van der Waals surface area contributed by atoms with Gasteiger partial charge in [-0.1, -0.05) is 5.16 Å². The Morgan fingerprint density at radius 2 is 2.10 bits per heavy atom. The van der Waals surface area contributed by atoms with Gasteiger partial charge in [0.15, 0.2) is 11.3 Å². The SMILES string of the molecule is Cc1onc2nccnc12. The highest BCUT2D eigenvalue weighted by Crippen LogP contribution is 2.09. The maximum absolute atomic E-state index is 4.84. The minimum Gasteiger partial charge on any atom is -0.357 e. The molecule has 0 aliphatic rings. The summed E-state index contributed by atoms with van der Waals surface area (Å²) in [6.07, 6.45) is 3.21. The van der Waals surface area contributed by atoms with Crippen molar-refractivity contribution in [2.45, 2.75) is 6.92 Å². The Bertz CT molecular complexity index is 355. The topological polar surface area (TPSA) is 51.8 Å². The average molecular weight is 135 g/mol. The maximum atomic E-state index is 4.84. The predicted octanol–water partition coefficient (Wildman–Crippen LogP) is 0.926. The molecule has 0 aromatic carbocycles. The zero-order valence-corrected chi connectivity index (χ0v) is 5.40. The van der Waals surface area contributed by atoms with Gasteiger partial charge >= 0.3 is 0 Å². The van der Waals surface area contributed by atoms with Crippen LogP contribution in [0.25, 0.3) is 11.2 Å². The molecule has 0 saturated heterocycles. The van der Waals surface area contributed by atoms with E-state index in [0.717, 1.165) is 5.52 Å². The van der Waals surface area contributed by atoms with Crippen molar-refractivity contribution in [2.24, 2.45) is 0 Å². The molecule has 10 heavy (non-hydrogen) atoms. The van der Waals surface area contributed by atoms with Crippen LogP contribution in [0.5, 0.6) is 0 Å². The summed E-state index contributed by atoms with van der Waals surface area (Å²) in [4.78, 5) is 7.96. The van der Waals surface area contributed by atoms with Gasteiger partial charge in [0.05, 0.1) is 0 Å². The molecule has 0 bridgehead atoms. The van der Waals surface area contributed by atoms with Crippen molar-refractivity contribution in [1.29, 1.82) is 0 Å². The summed E-state index contributed by atoms with van der Waals surface area (Å²) in [5.41, 5.74) is 1.31. The van der Waals surface area contributed by atoms with E-state index in [2.05, 4.69) is 15.1 Å².